The summed E-state index contributed by atoms with van der Waals surface area (Å²) in [5.74, 6) is 0. The molecule has 2 atom stereocenters. The van der Waals surface area contributed by atoms with Gasteiger partial charge in [0, 0.05) is 6.04 Å². The molecule has 2 rings (SSSR count). The Morgan fingerprint density at radius 2 is 2.09 bits per heavy atom. The zero-order valence-corrected chi connectivity index (χ0v) is 6.62. The maximum atomic E-state index is 9.45. The van der Waals surface area contributed by atoms with E-state index in [9.17, 15) is 5.11 Å². The van der Waals surface area contributed by atoms with E-state index in [1.54, 1.807) is 0 Å². The molecule has 3 heteroatoms. The van der Waals surface area contributed by atoms with Gasteiger partial charge in [-0.25, -0.2) is 0 Å². The van der Waals surface area contributed by atoms with Crippen LogP contribution in [0, 0.1) is 0 Å². The molecule has 3 nitrogen and oxygen atoms in total. The Morgan fingerprint density at radius 3 is 2.55 bits per heavy atom. The molecule has 1 aliphatic carbocycles. The summed E-state index contributed by atoms with van der Waals surface area (Å²) in [6, 6.07) is 0.844. The Morgan fingerprint density at radius 1 is 1.27 bits per heavy atom. The van der Waals surface area contributed by atoms with Gasteiger partial charge in [-0.2, -0.15) is 0 Å². The number of aliphatic hydroxyl groups is 1. The van der Waals surface area contributed by atoms with E-state index in [2.05, 4.69) is 5.32 Å². The Balaban J connectivity index is 1.75. The number of nitrogens with one attached hydrogen (secondary N) is 1. The zero-order chi connectivity index (χ0) is 7.68. The maximum absolute atomic E-state index is 9.45. The molecule has 1 heterocycles. The summed E-state index contributed by atoms with van der Waals surface area (Å²) >= 11 is 0. The molecular formula is C8H15NO2. The van der Waals surface area contributed by atoms with Crippen LogP contribution in [0.4, 0.5) is 0 Å². The van der Waals surface area contributed by atoms with Crippen LogP contribution in [0.15, 0.2) is 0 Å². The molecule has 0 radical (unpaired) electrons. The highest BCUT2D eigenvalue weighted by molar-refractivity contribution is 4.87. The van der Waals surface area contributed by atoms with E-state index in [0.717, 1.165) is 32.5 Å². The topological polar surface area (TPSA) is 41.5 Å². The van der Waals surface area contributed by atoms with Crippen molar-refractivity contribution in [2.75, 3.05) is 13.2 Å². The van der Waals surface area contributed by atoms with Gasteiger partial charge in [-0.15, -0.1) is 0 Å². The average molecular weight is 157 g/mol. The first-order valence-corrected chi connectivity index (χ1v) is 4.38. The van der Waals surface area contributed by atoms with Crippen LogP contribution in [0.5, 0.6) is 0 Å². The molecule has 0 aromatic carbocycles. The van der Waals surface area contributed by atoms with Gasteiger partial charge >= 0.3 is 0 Å². The van der Waals surface area contributed by atoms with Crippen LogP contribution in [0.3, 0.4) is 0 Å². The fraction of sp³-hybridized carbons (Fsp3) is 1.00. The SMILES string of the molecule is O[C@H]1CCC[C@@H]1NC1COC1. The fourth-order valence-corrected chi connectivity index (χ4v) is 1.77. The smallest absolute Gasteiger partial charge is 0.0693 e. The van der Waals surface area contributed by atoms with Crippen LogP contribution in [-0.4, -0.2) is 36.5 Å². The average Bonchev–Trinajstić information content (AvgIpc) is 2.27. The molecule has 0 unspecified atom stereocenters. The maximum Gasteiger partial charge on any atom is 0.0693 e. The summed E-state index contributed by atoms with van der Waals surface area (Å²) in [4.78, 5) is 0. The minimum absolute atomic E-state index is 0.115. The highest BCUT2D eigenvalue weighted by atomic mass is 16.5. The molecule has 0 aromatic rings. The third kappa shape index (κ3) is 1.55. The molecule has 0 amide bonds. The van der Waals surface area contributed by atoms with Gasteiger partial charge < -0.3 is 15.2 Å². The third-order valence-corrected chi connectivity index (χ3v) is 2.57. The molecule has 1 saturated carbocycles. The van der Waals surface area contributed by atoms with Crippen LogP contribution in [0.2, 0.25) is 0 Å². The van der Waals surface area contributed by atoms with Crippen molar-refractivity contribution in [2.24, 2.45) is 0 Å². The van der Waals surface area contributed by atoms with Crippen molar-refractivity contribution in [1.29, 1.82) is 0 Å². The van der Waals surface area contributed by atoms with Crippen LogP contribution < -0.4 is 5.32 Å². The predicted octanol–water partition coefficient (Wildman–Crippen LogP) is -0.112. The molecule has 1 saturated heterocycles. The van der Waals surface area contributed by atoms with Crippen molar-refractivity contribution in [2.45, 2.75) is 37.5 Å². The molecule has 0 bridgehead atoms. The van der Waals surface area contributed by atoms with Crippen molar-refractivity contribution in [3.63, 3.8) is 0 Å². The number of ether oxygens (including phenoxy) is 1. The van der Waals surface area contributed by atoms with Gasteiger partial charge in [0.2, 0.25) is 0 Å². The van der Waals surface area contributed by atoms with E-state index in [-0.39, 0.29) is 6.10 Å². The molecule has 64 valence electrons. The Kier molecular flexibility index (Phi) is 2.11. The fourth-order valence-electron chi connectivity index (χ4n) is 1.77. The van der Waals surface area contributed by atoms with Gasteiger partial charge in [-0.05, 0) is 19.3 Å². The van der Waals surface area contributed by atoms with E-state index in [4.69, 9.17) is 4.74 Å². The summed E-state index contributed by atoms with van der Waals surface area (Å²) in [5, 5.41) is 12.8. The first kappa shape index (κ1) is 7.53. The predicted molar refractivity (Wildman–Crippen MR) is 41.4 cm³/mol. The molecule has 1 aliphatic heterocycles. The summed E-state index contributed by atoms with van der Waals surface area (Å²) in [5.41, 5.74) is 0. The zero-order valence-electron chi connectivity index (χ0n) is 6.62. The first-order valence-electron chi connectivity index (χ1n) is 4.38. The number of hydrogen-bond donors (Lipinski definition) is 2. The van der Waals surface area contributed by atoms with Gasteiger partial charge in [0.25, 0.3) is 0 Å². The van der Waals surface area contributed by atoms with Gasteiger partial charge in [0.15, 0.2) is 0 Å². The normalized spacial score (nSPS) is 39.0. The van der Waals surface area contributed by atoms with E-state index in [1.165, 1.54) is 0 Å². The van der Waals surface area contributed by atoms with E-state index in [0.29, 0.717) is 12.1 Å². The summed E-state index contributed by atoms with van der Waals surface area (Å²) < 4.78 is 5.04. The minimum atomic E-state index is -0.115. The van der Waals surface area contributed by atoms with Crippen molar-refractivity contribution in [3.05, 3.63) is 0 Å². The molecule has 2 aliphatic rings. The molecule has 0 spiro atoms. The summed E-state index contributed by atoms with van der Waals surface area (Å²) in [6.07, 6.45) is 3.13. The second kappa shape index (κ2) is 3.09. The van der Waals surface area contributed by atoms with Gasteiger partial charge in [0.05, 0.1) is 25.4 Å². The summed E-state index contributed by atoms with van der Waals surface area (Å²) in [6.45, 7) is 1.65. The molecule has 2 N–H and O–H groups in total. The summed E-state index contributed by atoms with van der Waals surface area (Å²) in [7, 11) is 0. The van der Waals surface area contributed by atoms with E-state index < -0.39 is 0 Å². The van der Waals surface area contributed by atoms with Crippen LogP contribution in [0.1, 0.15) is 19.3 Å². The van der Waals surface area contributed by atoms with Crippen LogP contribution >= 0.6 is 0 Å². The number of rotatable bonds is 2. The lowest BCUT2D eigenvalue weighted by atomic mass is 10.1. The van der Waals surface area contributed by atoms with Gasteiger partial charge in [-0.1, -0.05) is 0 Å². The molecule has 0 aromatic heterocycles. The van der Waals surface area contributed by atoms with Crippen molar-refractivity contribution in [1.82, 2.24) is 5.32 Å². The lowest BCUT2D eigenvalue weighted by Gasteiger charge is -2.31. The molecular weight excluding hydrogens is 142 g/mol. The second-order valence-corrected chi connectivity index (χ2v) is 3.51. The van der Waals surface area contributed by atoms with E-state index >= 15 is 0 Å². The minimum Gasteiger partial charge on any atom is -0.392 e. The van der Waals surface area contributed by atoms with Crippen LogP contribution in [0.25, 0.3) is 0 Å². The lowest BCUT2D eigenvalue weighted by molar-refractivity contribution is -0.0166. The second-order valence-electron chi connectivity index (χ2n) is 3.51. The largest absolute Gasteiger partial charge is 0.392 e. The molecule has 2 fully saturated rings. The number of aliphatic hydroxyl groups excluding tert-OH is 1. The van der Waals surface area contributed by atoms with Crippen molar-refractivity contribution >= 4 is 0 Å². The Labute approximate surface area is 66.7 Å². The lowest BCUT2D eigenvalue weighted by Crippen LogP contribution is -2.52. The van der Waals surface area contributed by atoms with E-state index in [1.807, 2.05) is 0 Å². The highest BCUT2D eigenvalue weighted by Gasteiger charge is 2.29. The highest BCUT2D eigenvalue weighted by Crippen LogP contribution is 2.20. The van der Waals surface area contributed by atoms with Crippen molar-refractivity contribution < 1.29 is 9.84 Å². The monoisotopic (exact) mass is 157 g/mol. The molecule has 11 heavy (non-hydrogen) atoms. The Bertz CT molecular complexity index is 136. The van der Waals surface area contributed by atoms with Crippen LogP contribution in [-0.2, 0) is 4.74 Å². The van der Waals surface area contributed by atoms with Crippen molar-refractivity contribution in [3.8, 4) is 0 Å². The van der Waals surface area contributed by atoms with Gasteiger partial charge in [0.1, 0.15) is 0 Å². The number of hydrogen-bond acceptors (Lipinski definition) is 3. The standard InChI is InChI=1S/C8H15NO2/c10-8-3-1-2-7(8)9-6-4-11-5-6/h6-10H,1-5H2/t7-,8-/m0/s1. The Hall–Kier alpha value is -0.120. The first-order chi connectivity index (χ1) is 5.36. The third-order valence-electron chi connectivity index (χ3n) is 2.57. The quantitative estimate of drug-likeness (QED) is 0.587. The van der Waals surface area contributed by atoms with Gasteiger partial charge in [-0.3, -0.25) is 0 Å².